The van der Waals surface area contributed by atoms with Gasteiger partial charge in [0.15, 0.2) is 6.04 Å². The highest BCUT2D eigenvalue weighted by atomic mass is 16.6. The summed E-state index contributed by atoms with van der Waals surface area (Å²) < 4.78 is 5.44. The van der Waals surface area contributed by atoms with Crippen molar-refractivity contribution >= 4 is 12.1 Å². The van der Waals surface area contributed by atoms with Crippen LogP contribution in [0.4, 0.5) is 4.79 Å². The number of carbonyl (C=O) groups excluding carboxylic acids is 1. The second-order valence-electron chi connectivity index (χ2n) is 6.13. The van der Waals surface area contributed by atoms with Crippen LogP contribution in [-0.4, -0.2) is 53.0 Å². The number of benzene rings is 2. The van der Waals surface area contributed by atoms with Crippen molar-refractivity contribution in [2.45, 2.75) is 18.9 Å². The summed E-state index contributed by atoms with van der Waals surface area (Å²) in [5.41, 5.74) is 4.41. The lowest BCUT2D eigenvalue weighted by molar-refractivity contribution is -0.144. The van der Waals surface area contributed by atoms with Crippen LogP contribution in [0.3, 0.4) is 0 Å². The Morgan fingerprint density at radius 1 is 1.08 bits per heavy atom. The molecule has 0 saturated carbocycles. The predicted octanol–water partition coefficient (Wildman–Crippen LogP) is 2.70. The molecule has 0 spiro atoms. The Morgan fingerprint density at radius 3 is 2.08 bits per heavy atom. The number of hydrogen-bond donors (Lipinski definition) is 2. The number of aliphatic hydroxyl groups is 1. The molecule has 1 atom stereocenters. The van der Waals surface area contributed by atoms with Gasteiger partial charge in [0.1, 0.15) is 6.61 Å². The Bertz CT molecular complexity index is 774. The van der Waals surface area contributed by atoms with Crippen molar-refractivity contribution in [1.29, 1.82) is 0 Å². The minimum atomic E-state index is -1.31. The zero-order valence-electron chi connectivity index (χ0n) is 14.5. The van der Waals surface area contributed by atoms with Crippen LogP contribution < -0.4 is 0 Å². The second-order valence-corrected chi connectivity index (χ2v) is 6.13. The first kappa shape index (κ1) is 17.9. The minimum Gasteiger partial charge on any atom is -0.480 e. The molecule has 6 heteroatoms. The average Bonchev–Trinajstić information content (AvgIpc) is 2.97. The van der Waals surface area contributed by atoms with E-state index in [1.807, 2.05) is 48.5 Å². The fourth-order valence-electron chi connectivity index (χ4n) is 3.46. The van der Waals surface area contributed by atoms with Gasteiger partial charge in [0.05, 0.1) is 6.61 Å². The minimum absolute atomic E-state index is 0.0949. The summed E-state index contributed by atoms with van der Waals surface area (Å²) in [5, 5.41) is 18.4. The van der Waals surface area contributed by atoms with Crippen molar-refractivity contribution in [3.8, 4) is 11.1 Å². The van der Waals surface area contributed by atoms with Crippen LogP contribution >= 0.6 is 0 Å². The Hall–Kier alpha value is -2.86. The molecular formula is C20H21NO5. The third-order valence-corrected chi connectivity index (χ3v) is 4.75. The van der Waals surface area contributed by atoms with Gasteiger partial charge in [-0.3, -0.25) is 4.90 Å². The molecular weight excluding hydrogens is 334 g/mol. The summed E-state index contributed by atoms with van der Waals surface area (Å²) in [7, 11) is 0. The number of aliphatic hydroxyl groups excluding tert-OH is 1. The standard InChI is InChI=1S/C20H21NO5/c1-2-21(18(11-22)19(23)24)20(25)26-12-17-15-9-5-3-7-13(15)14-8-4-6-10-16(14)17/h3-10,17-18,22H,2,11-12H2,1H3,(H,23,24)/t18-/m1/s1. The Kier molecular flexibility index (Phi) is 5.23. The zero-order valence-corrected chi connectivity index (χ0v) is 14.5. The number of likely N-dealkylation sites (N-methyl/N-ethyl adjacent to an activating group) is 1. The molecule has 136 valence electrons. The topological polar surface area (TPSA) is 87.1 Å². The number of aliphatic carboxylic acids is 1. The molecule has 0 bridgehead atoms. The van der Waals surface area contributed by atoms with E-state index in [1.54, 1.807) is 6.92 Å². The third-order valence-electron chi connectivity index (χ3n) is 4.75. The molecule has 0 aromatic heterocycles. The van der Waals surface area contributed by atoms with Gasteiger partial charge in [-0.1, -0.05) is 48.5 Å². The van der Waals surface area contributed by atoms with Gasteiger partial charge in [-0.05, 0) is 29.2 Å². The monoisotopic (exact) mass is 355 g/mol. The number of amides is 1. The summed E-state index contributed by atoms with van der Waals surface area (Å²) in [6.07, 6.45) is -0.740. The van der Waals surface area contributed by atoms with Gasteiger partial charge in [0.25, 0.3) is 0 Å². The largest absolute Gasteiger partial charge is 0.480 e. The summed E-state index contributed by atoms with van der Waals surface area (Å²) >= 11 is 0. The molecule has 3 rings (SSSR count). The summed E-state index contributed by atoms with van der Waals surface area (Å²) in [5.74, 6) is -1.36. The van der Waals surface area contributed by atoms with Crippen molar-refractivity contribution in [3.05, 3.63) is 59.7 Å². The summed E-state index contributed by atoms with van der Waals surface area (Å²) in [6.45, 7) is 1.23. The van der Waals surface area contributed by atoms with Gasteiger partial charge in [0, 0.05) is 12.5 Å². The smallest absolute Gasteiger partial charge is 0.410 e. The number of rotatable bonds is 6. The number of carboxylic acid groups (broad SMARTS) is 1. The van der Waals surface area contributed by atoms with E-state index in [2.05, 4.69) is 0 Å². The van der Waals surface area contributed by atoms with Gasteiger partial charge in [-0.15, -0.1) is 0 Å². The molecule has 26 heavy (non-hydrogen) atoms. The van der Waals surface area contributed by atoms with E-state index in [-0.39, 0.29) is 19.1 Å². The van der Waals surface area contributed by atoms with Gasteiger partial charge in [-0.2, -0.15) is 0 Å². The molecule has 6 nitrogen and oxygen atoms in total. The quantitative estimate of drug-likeness (QED) is 0.832. The number of carboxylic acids is 1. The highest BCUT2D eigenvalue weighted by Gasteiger charge is 2.32. The van der Waals surface area contributed by atoms with Crippen LogP contribution in [0.2, 0.25) is 0 Å². The van der Waals surface area contributed by atoms with Crippen molar-refractivity contribution in [3.63, 3.8) is 0 Å². The van der Waals surface area contributed by atoms with Crippen molar-refractivity contribution < 1.29 is 24.5 Å². The molecule has 2 N–H and O–H groups in total. The lowest BCUT2D eigenvalue weighted by Gasteiger charge is -2.26. The van der Waals surface area contributed by atoms with E-state index < -0.39 is 24.7 Å². The highest BCUT2D eigenvalue weighted by molar-refractivity contribution is 5.81. The fraction of sp³-hybridized carbons (Fsp3) is 0.300. The molecule has 0 radical (unpaired) electrons. The van der Waals surface area contributed by atoms with Crippen molar-refractivity contribution in [2.24, 2.45) is 0 Å². The first-order valence-corrected chi connectivity index (χ1v) is 8.53. The summed E-state index contributed by atoms with van der Waals surface area (Å²) in [6, 6.07) is 14.6. The van der Waals surface area contributed by atoms with Crippen molar-refractivity contribution in [2.75, 3.05) is 19.8 Å². The van der Waals surface area contributed by atoms with Crippen LogP contribution in [0.5, 0.6) is 0 Å². The Morgan fingerprint density at radius 2 is 1.62 bits per heavy atom. The Labute approximate surface area is 151 Å². The number of fused-ring (bicyclic) bond motifs is 3. The number of carbonyl (C=O) groups is 2. The van der Waals surface area contributed by atoms with Crippen LogP contribution in [0.25, 0.3) is 11.1 Å². The number of nitrogens with zero attached hydrogens (tertiary/aromatic N) is 1. The molecule has 2 aromatic carbocycles. The maximum absolute atomic E-state index is 12.4. The second kappa shape index (κ2) is 7.58. The molecule has 1 aliphatic rings. The molecule has 2 aromatic rings. The van der Waals surface area contributed by atoms with Gasteiger partial charge < -0.3 is 14.9 Å². The lowest BCUT2D eigenvalue weighted by Crippen LogP contribution is -2.47. The van der Waals surface area contributed by atoms with E-state index in [9.17, 15) is 14.7 Å². The molecule has 0 aliphatic heterocycles. The zero-order chi connectivity index (χ0) is 18.7. The van der Waals surface area contributed by atoms with E-state index in [0.717, 1.165) is 27.2 Å². The molecule has 1 amide bonds. The van der Waals surface area contributed by atoms with Crippen LogP contribution in [-0.2, 0) is 9.53 Å². The van der Waals surface area contributed by atoms with Crippen LogP contribution in [0.1, 0.15) is 24.0 Å². The fourth-order valence-corrected chi connectivity index (χ4v) is 3.46. The molecule has 0 saturated heterocycles. The van der Waals surface area contributed by atoms with E-state index in [1.165, 1.54) is 0 Å². The third kappa shape index (κ3) is 3.15. The average molecular weight is 355 g/mol. The maximum atomic E-state index is 12.4. The number of hydrogen-bond acceptors (Lipinski definition) is 4. The first-order chi connectivity index (χ1) is 12.6. The molecule has 0 heterocycles. The highest BCUT2D eigenvalue weighted by Crippen LogP contribution is 2.44. The van der Waals surface area contributed by atoms with E-state index >= 15 is 0 Å². The normalized spacial score (nSPS) is 13.6. The predicted molar refractivity (Wildman–Crippen MR) is 96.0 cm³/mol. The van der Waals surface area contributed by atoms with Crippen molar-refractivity contribution in [1.82, 2.24) is 4.90 Å². The van der Waals surface area contributed by atoms with Crippen LogP contribution in [0.15, 0.2) is 48.5 Å². The SMILES string of the molecule is CCN(C(=O)OCC1c2ccccc2-c2ccccc21)[C@H](CO)C(=O)O. The molecule has 0 fully saturated rings. The van der Waals surface area contributed by atoms with Gasteiger partial charge in [0.2, 0.25) is 0 Å². The van der Waals surface area contributed by atoms with E-state index in [4.69, 9.17) is 9.84 Å². The maximum Gasteiger partial charge on any atom is 0.410 e. The lowest BCUT2D eigenvalue weighted by atomic mass is 9.98. The van der Waals surface area contributed by atoms with Gasteiger partial charge >= 0.3 is 12.1 Å². The first-order valence-electron chi connectivity index (χ1n) is 8.53. The molecule has 1 aliphatic carbocycles. The Balaban J connectivity index is 1.79. The molecule has 0 unspecified atom stereocenters. The van der Waals surface area contributed by atoms with Crippen LogP contribution in [0, 0.1) is 0 Å². The van der Waals surface area contributed by atoms with Gasteiger partial charge in [-0.25, -0.2) is 9.59 Å². The van der Waals surface area contributed by atoms with E-state index in [0.29, 0.717) is 0 Å². The summed E-state index contributed by atoms with van der Waals surface area (Å²) in [4.78, 5) is 24.6. The number of ether oxygens (including phenoxy) is 1.